The van der Waals surface area contributed by atoms with E-state index in [9.17, 15) is 0 Å². The molecule has 0 fully saturated rings. The van der Waals surface area contributed by atoms with E-state index >= 15 is 0 Å². The molecule has 0 N–H and O–H groups in total. The number of hydrogen-bond donors (Lipinski definition) is 0. The first kappa shape index (κ1) is 21.5. The van der Waals surface area contributed by atoms with Gasteiger partial charge in [-0.25, -0.2) is 0 Å². The van der Waals surface area contributed by atoms with Gasteiger partial charge in [0.1, 0.15) is 0 Å². The van der Waals surface area contributed by atoms with Crippen molar-refractivity contribution in [3.05, 3.63) is 23.8 Å². The van der Waals surface area contributed by atoms with Crippen LogP contribution < -0.4 is 0 Å². The van der Waals surface area contributed by atoms with Gasteiger partial charge in [-0.3, -0.25) is 0 Å². The predicted molar refractivity (Wildman–Crippen MR) is 103 cm³/mol. The highest BCUT2D eigenvalue weighted by molar-refractivity contribution is 5.24. The number of allylic oxidation sites excluding steroid dienone is 3. The fourth-order valence-electron chi connectivity index (χ4n) is 3.94. The van der Waals surface area contributed by atoms with Gasteiger partial charge in [0.15, 0.2) is 0 Å². The Morgan fingerprint density at radius 3 is 2.05 bits per heavy atom. The van der Waals surface area contributed by atoms with E-state index in [2.05, 4.69) is 61.1 Å². The van der Waals surface area contributed by atoms with Gasteiger partial charge < -0.3 is 0 Å². The fraction of sp³-hybridized carbons (Fsp3) is 0.818. The maximum absolute atomic E-state index is 4.01. The number of rotatable bonds is 12. The van der Waals surface area contributed by atoms with Crippen molar-refractivity contribution < 1.29 is 0 Å². The molecule has 0 amide bonds. The van der Waals surface area contributed by atoms with Gasteiger partial charge in [0.25, 0.3) is 0 Å². The second kappa shape index (κ2) is 12.0. The third-order valence-corrected chi connectivity index (χ3v) is 5.02. The molecule has 0 aliphatic heterocycles. The van der Waals surface area contributed by atoms with Crippen molar-refractivity contribution in [2.45, 2.75) is 93.4 Å². The van der Waals surface area contributed by atoms with Gasteiger partial charge in [-0.2, -0.15) is 0 Å². The minimum atomic E-state index is 0.767. The van der Waals surface area contributed by atoms with Crippen LogP contribution in [-0.4, -0.2) is 0 Å². The fourth-order valence-corrected chi connectivity index (χ4v) is 3.94. The van der Waals surface area contributed by atoms with Crippen LogP contribution in [0.4, 0.5) is 0 Å². The van der Waals surface area contributed by atoms with E-state index in [1.54, 1.807) is 5.57 Å². The molecule has 0 aromatic heterocycles. The molecule has 3 unspecified atom stereocenters. The average molecular weight is 307 g/mol. The standard InChI is InChI=1S/C22H42/c1-9-12-21(11-3)22(20(8)10-2)14-13-18(6)16-19(7)15-17(4)5/h10,17-19,21H,2,9,11-16H2,1,3-8H3/b22-20-. The van der Waals surface area contributed by atoms with Crippen LogP contribution in [0.15, 0.2) is 23.8 Å². The molecule has 0 nitrogen and oxygen atoms in total. The normalized spacial score (nSPS) is 17.1. The molecule has 0 saturated heterocycles. The van der Waals surface area contributed by atoms with Gasteiger partial charge in [-0.05, 0) is 69.1 Å². The Morgan fingerprint density at radius 2 is 1.59 bits per heavy atom. The SMILES string of the molecule is C=C/C(C)=C(/CCC(C)CC(C)CC(C)C)C(CC)CCC. The first-order valence-corrected chi connectivity index (χ1v) is 9.67. The van der Waals surface area contributed by atoms with Crippen molar-refractivity contribution in [2.75, 3.05) is 0 Å². The summed E-state index contributed by atoms with van der Waals surface area (Å²) in [7, 11) is 0. The van der Waals surface area contributed by atoms with Gasteiger partial charge in [0.2, 0.25) is 0 Å². The van der Waals surface area contributed by atoms with E-state index < -0.39 is 0 Å². The van der Waals surface area contributed by atoms with Crippen molar-refractivity contribution in [1.29, 1.82) is 0 Å². The Morgan fingerprint density at radius 1 is 0.955 bits per heavy atom. The Kier molecular flexibility index (Phi) is 11.7. The lowest BCUT2D eigenvalue weighted by molar-refractivity contribution is 0.340. The second-order valence-electron chi connectivity index (χ2n) is 7.92. The summed E-state index contributed by atoms with van der Waals surface area (Å²) in [5.41, 5.74) is 3.12. The zero-order chi connectivity index (χ0) is 17.1. The number of hydrogen-bond acceptors (Lipinski definition) is 0. The van der Waals surface area contributed by atoms with Crippen molar-refractivity contribution in [3.8, 4) is 0 Å². The highest BCUT2D eigenvalue weighted by Gasteiger charge is 2.16. The van der Waals surface area contributed by atoms with E-state index in [1.165, 1.54) is 50.5 Å². The topological polar surface area (TPSA) is 0 Å². The summed E-state index contributed by atoms with van der Waals surface area (Å²) >= 11 is 0. The summed E-state index contributed by atoms with van der Waals surface area (Å²) in [5.74, 6) is 3.29. The first-order chi connectivity index (χ1) is 10.3. The van der Waals surface area contributed by atoms with Crippen LogP contribution in [0.1, 0.15) is 93.4 Å². The highest BCUT2D eigenvalue weighted by Crippen LogP contribution is 2.31. The molecule has 0 heterocycles. The summed E-state index contributed by atoms with van der Waals surface area (Å²) in [6.45, 7) is 20.5. The monoisotopic (exact) mass is 306 g/mol. The molecule has 3 atom stereocenters. The third kappa shape index (κ3) is 8.81. The molecule has 0 bridgehead atoms. The van der Waals surface area contributed by atoms with Crippen molar-refractivity contribution in [1.82, 2.24) is 0 Å². The Hall–Kier alpha value is -0.520. The van der Waals surface area contributed by atoms with E-state index in [0.717, 1.165) is 23.7 Å². The molecule has 0 aromatic carbocycles. The van der Waals surface area contributed by atoms with Crippen molar-refractivity contribution >= 4 is 0 Å². The Bertz CT molecular complexity index is 321. The molecule has 0 aliphatic carbocycles. The molecule has 0 saturated carbocycles. The molecule has 0 heteroatoms. The molecular formula is C22H42. The maximum Gasteiger partial charge on any atom is -0.0200 e. The summed E-state index contributed by atoms with van der Waals surface area (Å²) in [6.07, 6.45) is 11.3. The zero-order valence-electron chi connectivity index (χ0n) is 16.5. The summed E-state index contributed by atoms with van der Waals surface area (Å²) in [4.78, 5) is 0. The largest absolute Gasteiger partial charge is 0.0988 e. The van der Waals surface area contributed by atoms with Crippen LogP contribution in [0.2, 0.25) is 0 Å². The molecule has 0 aliphatic rings. The lowest BCUT2D eigenvalue weighted by Gasteiger charge is -2.24. The lowest BCUT2D eigenvalue weighted by atomic mass is 9.82. The quantitative estimate of drug-likeness (QED) is 0.322. The van der Waals surface area contributed by atoms with Crippen LogP contribution in [-0.2, 0) is 0 Å². The van der Waals surface area contributed by atoms with E-state index in [4.69, 9.17) is 0 Å². The highest BCUT2D eigenvalue weighted by atomic mass is 14.2. The molecule has 0 radical (unpaired) electrons. The lowest BCUT2D eigenvalue weighted by Crippen LogP contribution is -2.09. The van der Waals surface area contributed by atoms with E-state index in [-0.39, 0.29) is 0 Å². The molecule has 0 rings (SSSR count). The zero-order valence-corrected chi connectivity index (χ0v) is 16.5. The predicted octanol–water partition coefficient (Wildman–Crippen LogP) is 7.80. The van der Waals surface area contributed by atoms with Crippen LogP contribution in [0.25, 0.3) is 0 Å². The van der Waals surface area contributed by atoms with E-state index in [0.29, 0.717) is 0 Å². The van der Waals surface area contributed by atoms with Gasteiger partial charge in [-0.15, -0.1) is 0 Å². The smallest absolute Gasteiger partial charge is 0.0200 e. The van der Waals surface area contributed by atoms with Gasteiger partial charge in [-0.1, -0.05) is 71.8 Å². The second-order valence-corrected chi connectivity index (χ2v) is 7.92. The summed E-state index contributed by atoms with van der Waals surface area (Å²) in [5, 5.41) is 0. The van der Waals surface area contributed by atoms with E-state index in [1.807, 2.05) is 0 Å². The van der Waals surface area contributed by atoms with Gasteiger partial charge >= 0.3 is 0 Å². The van der Waals surface area contributed by atoms with Crippen LogP contribution in [0.5, 0.6) is 0 Å². The molecular weight excluding hydrogens is 264 g/mol. The summed E-state index contributed by atoms with van der Waals surface area (Å²) < 4.78 is 0. The summed E-state index contributed by atoms with van der Waals surface area (Å²) in [6, 6.07) is 0. The minimum Gasteiger partial charge on any atom is -0.0988 e. The van der Waals surface area contributed by atoms with Gasteiger partial charge in [0.05, 0.1) is 0 Å². The molecule has 0 spiro atoms. The first-order valence-electron chi connectivity index (χ1n) is 9.67. The van der Waals surface area contributed by atoms with Crippen LogP contribution in [0, 0.1) is 23.7 Å². The van der Waals surface area contributed by atoms with Crippen molar-refractivity contribution in [3.63, 3.8) is 0 Å². The van der Waals surface area contributed by atoms with Crippen LogP contribution >= 0.6 is 0 Å². The van der Waals surface area contributed by atoms with Crippen LogP contribution in [0.3, 0.4) is 0 Å². The molecule has 22 heavy (non-hydrogen) atoms. The maximum atomic E-state index is 4.01. The Labute approximate surface area is 141 Å². The third-order valence-electron chi connectivity index (χ3n) is 5.02. The van der Waals surface area contributed by atoms with Gasteiger partial charge in [0, 0.05) is 0 Å². The Balaban J connectivity index is 4.60. The average Bonchev–Trinajstić information content (AvgIpc) is 2.44. The van der Waals surface area contributed by atoms with Crippen molar-refractivity contribution in [2.24, 2.45) is 23.7 Å². The molecule has 0 aromatic rings. The minimum absolute atomic E-state index is 0.767. The molecule has 130 valence electrons.